The Morgan fingerprint density at radius 2 is 2.46 bits per heavy atom. The van der Waals surface area contributed by atoms with Crippen LogP contribution in [0.3, 0.4) is 0 Å². The molecule has 2 aromatic rings. The third-order valence-corrected chi connectivity index (χ3v) is 2.24. The number of aromatic nitrogens is 2. The smallest absolute Gasteiger partial charge is 0.389 e. The first-order valence-electron chi connectivity index (χ1n) is 3.87. The van der Waals surface area contributed by atoms with Crippen molar-refractivity contribution in [2.45, 2.75) is 13.5 Å². The molecule has 2 aromatic heterocycles. The number of nitrogens with zero attached hydrogens (tertiary/aromatic N) is 2. The van der Waals surface area contributed by atoms with Gasteiger partial charge in [0.15, 0.2) is 0 Å². The molecule has 0 spiro atoms. The van der Waals surface area contributed by atoms with Gasteiger partial charge in [0.25, 0.3) is 0 Å². The fraction of sp³-hybridized carbons (Fsp3) is 0.250. The summed E-state index contributed by atoms with van der Waals surface area (Å²) in [6, 6.07) is 1.82. The molecule has 0 fully saturated rings. The van der Waals surface area contributed by atoms with Crippen LogP contribution in [0.4, 0.5) is 0 Å². The van der Waals surface area contributed by atoms with Gasteiger partial charge in [-0.25, -0.2) is 9.78 Å². The lowest BCUT2D eigenvalue weighted by Crippen LogP contribution is -2.11. The Morgan fingerprint density at radius 1 is 1.69 bits per heavy atom. The van der Waals surface area contributed by atoms with Gasteiger partial charge < -0.3 is 4.42 Å². The summed E-state index contributed by atoms with van der Waals surface area (Å²) in [6.45, 7) is 2.47. The third kappa shape index (κ3) is 1.29. The Labute approximate surface area is 82.3 Å². The van der Waals surface area contributed by atoms with E-state index in [4.69, 9.17) is 4.42 Å². The first-order valence-corrected chi connectivity index (χ1v) is 4.66. The highest BCUT2D eigenvalue weighted by molar-refractivity contribution is 9.10. The molecule has 0 aliphatic carbocycles. The summed E-state index contributed by atoms with van der Waals surface area (Å²) in [7, 11) is 0. The molecule has 0 N–H and O–H groups in total. The minimum Gasteiger partial charge on any atom is -0.389 e. The number of hydrogen-bond acceptors (Lipinski definition) is 3. The molecular formula is C8H7BrN2O2. The SMILES string of the molecule is CCn1c(=O)oc2ncc(Br)cc21. The van der Waals surface area contributed by atoms with Crippen LogP contribution in [-0.4, -0.2) is 9.55 Å². The summed E-state index contributed by atoms with van der Waals surface area (Å²) in [5, 5.41) is 0. The Bertz CT molecular complexity index is 500. The van der Waals surface area contributed by atoms with E-state index in [1.54, 1.807) is 6.20 Å². The van der Waals surface area contributed by atoms with Crippen LogP contribution < -0.4 is 5.76 Å². The van der Waals surface area contributed by atoms with Crippen LogP contribution in [0.15, 0.2) is 25.9 Å². The van der Waals surface area contributed by atoms with Crippen molar-refractivity contribution >= 4 is 27.2 Å². The molecule has 5 heteroatoms. The number of pyridine rings is 1. The molecule has 2 rings (SSSR count). The molecule has 0 radical (unpaired) electrons. The van der Waals surface area contributed by atoms with Crippen LogP contribution in [0.2, 0.25) is 0 Å². The summed E-state index contributed by atoms with van der Waals surface area (Å²) >= 11 is 3.29. The number of hydrogen-bond donors (Lipinski definition) is 0. The Morgan fingerprint density at radius 3 is 3.15 bits per heavy atom. The van der Waals surface area contributed by atoms with Crippen molar-refractivity contribution in [3.63, 3.8) is 0 Å². The Balaban J connectivity index is 2.89. The topological polar surface area (TPSA) is 48.0 Å². The van der Waals surface area contributed by atoms with E-state index in [1.807, 2.05) is 13.0 Å². The molecule has 68 valence electrons. The predicted octanol–water partition coefficient (Wildman–Crippen LogP) is 1.77. The molecule has 0 atom stereocenters. The molecule has 0 aromatic carbocycles. The average molecular weight is 243 g/mol. The van der Waals surface area contributed by atoms with Gasteiger partial charge in [0.2, 0.25) is 5.71 Å². The molecule has 0 bridgehead atoms. The van der Waals surface area contributed by atoms with Crippen molar-refractivity contribution in [2.24, 2.45) is 0 Å². The monoisotopic (exact) mass is 242 g/mol. The number of aryl methyl sites for hydroxylation is 1. The molecule has 13 heavy (non-hydrogen) atoms. The minimum atomic E-state index is -0.358. The van der Waals surface area contributed by atoms with E-state index in [1.165, 1.54) is 4.57 Å². The fourth-order valence-corrected chi connectivity index (χ4v) is 1.54. The standard InChI is InChI=1S/C8H7BrN2O2/c1-2-11-6-3-5(9)4-10-7(6)13-8(11)12/h3-4H,2H2,1H3. The highest BCUT2D eigenvalue weighted by atomic mass is 79.9. The first kappa shape index (κ1) is 8.50. The van der Waals surface area contributed by atoms with Gasteiger partial charge in [0, 0.05) is 17.2 Å². The summed E-state index contributed by atoms with van der Waals surface area (Å²) < 4.78 is 7.29. The normalized spacial score (nSPS) is 10.9. The summed E-state index contributed by atoms with van der Waals surface area (Å²) in [5.41, 5.74) is 1.11. The van der Waals surface area contributed by atoms with Gasteiger partial charge in [-0.05, 0) is 28.9 Å². The molecular weight excluding hydrogens is 236 g/mol. The van der Waals surface area contributed by atoms with Crippen LogP contribution in [0.5, 0.6) is 0 Å². The zero-order valence-electron chi connectivity index (χ0n) is 6.95. The molecule has 0 aliphatic heterocycles. The number of rotatable bonds is 1. The number of halogens is 1. The summed E-state index contributed by atoms with van der Waals surface area (Å²) in [6.07, 6.45) is 1.60. The lowest BCUT2D eigenvalue weighted by molar-refractivity contribution is 0.506. The van der Waals surface area contributed by atoms with E-state index in [-0.39, 0.29) is 5.76 Å². The number of fused-ring (bicyclic) bond motifs is 1. The van der Waals surface area contributed by atoms with Crippen molar-refractivity contribution in [3.05, 3.63) is 27.3 Å². The summed E-state index contributed by atoms with van der Waals surface area (Å²) in [4.78, 5) is 15.2. The molecule has 2 heterocycles. The van der Waals surface area contributed by atoms with Gasteiger partial charge in [-0.3, -0.25) is 4.57 Å². The van der Waals surface area contributed by atoms with Gasteiger partial charge in [-0.2, -0.15) is 0 Å². The largest absolute Gasteiger partial charge is 0.421 e. The van der Waals surface area contributed by atoms with Crippen LogP contribution in [0, 0.1) is 0 Å². The minimum absolute atomic E-state index is 0.358. The quantitative estimate of drug-likeness (QED) is 0.766. The van der Waals surface area contributed by atoms with Gasteiger partial charge in [-0.1, -0.05) is 0 Å². The summed E-state index contributed by atoms with van der Waals surface area (Å²) in [5.74, 6) is -0.358. The van der Waals surface area contributed by atoms with E-state index in [2.05, 4.69) is 20.9 Å². The van der Waals surface area contributed by atoms with E-state index in [0.717, 1.165) is 9.99 Å². The zero-order valence-corrected chi connectivity index (χ0v) is 8.54. The van der Waals surface area contributed by atoms with E-state index in [0.29, 0.717) is 12.3 Å². The second kappa shape index (κ2) is 2.99. The molecule has 0 aliphatic rings. The second-order valence-corrected chi connectivity index (χ2v) is 3.51. The van der Waals surface area contributed by atoms with E-state index < -0.39 is 0 Å². The van der Waals surface area contributed by atoms with Gasteiger partial charge in [0.1, 0.15) is 5.52 Å². The van der Waals surface area contributed by atoms with Crippen LogP contribution >= 0.6 is 15.9 Å². The van der Waals surface area contributed by atoms with Crippen molar-refractivity contribution in [2.75, 3.05) is 0 Å². The van der Waals surface area contributed by atoms with Crippen molar-refractivity contribution in [1.29, 1.82) is 0 Å². The fourth-order valence-electron chi connectivity index (χ4n) is 1.22. The van der Waals surface area contributed by atoms with Gasteiger partial charge >= 0.3 is 5.76 Å². The average Bonchev–Trinajstić information content (AvgIpc) is 2.40. The van der Waals surface area contributed by atoms with Crippen molar-refractivity contribution < 1.29 is 4.42 Å². The molecule has 0 amide bonds. The predicted molar refractivity (Wildman–Crippen MR) is 51.6 cm³/mol. The van der Waals surface area contributed by atoms with E-state index >= 15 is 0 Å². The molecule has 4 nitrogen and oxygen atoms in total. The lowest BCUT2D eigenvalue weighted by atomic mass is 10.4. The van der Waals surface area contributed by atoms with Crippen LogP contribution in [-0.2, 0) is 6.54 Å². The molecule has 0 saturated carbocycles. The Kier molecular flexibility index (Phi) is 1.95. The van der Waals surface area contributed by atoms with Crippen molar-refractivity contribution in [1.82, 2.24) is 9.55 Å². The highest BCUT2D eigenvalue weighted by Crippen LogP contribution is 2.15. The Hall–Kier alpha value is -1.10. The second-order valence-electron chi connectivity index (χ2n) is 2.59. The van der Waals surface area contributed by atoms with Gasteiger partial charge in [-0.15, -0.1) is 0 Å². The van der Waals surface area contributed by atoms with E-state index in [9.17, 15) is 4.79 Å². The van der Waals surface area contributed by atoms with Crippen molar-refractivity contribution in [3.8, 4) is 0 Å². The molecule has 0 unspecified atom stereocenters. The van der Waals surface area contributed by atoms with Crippen LogP contribution in [0.1, 0.15) is 6.92 Å². The maximum atomic E-state index is 11.2. The zero-order chi connectivity index (χ0) is 9.42. The lowest BCUT2D eigenvalue weighted by Gasteiger charge is -1.94. The molecule has 0 saturated heterocycles. The van der Waals surface area contributed by atoms with Gasteiger partial charge in [0.05, 0.1) is 0 Å². The first-order chi connectivity index (χ1) is 6.22. The third-order valence-electron chi connectivity index (χ3n) is 1.81. The van der Waals surface area contributed by atoms with Crippen LogP contribution in [0.25, 0.3) is 11.2 Å². The maximum absolute atomic E-state index is 11.2. The maximum Gasteiger partial charge on any atom is 0.421 e. The number of oxazole rings is 1. The highest BCUT2D eigenvalue weighted by Gasteiger charge is 2.08.